The highest BCUT2D eigenvalue weighted by Crippen LogP contribution is 2.31. The third-order valence-corrected chi connectivity index (χ3v) is 7.59. The number of nitrogens with one attached hydrogen (secondary N) is 1. The molecule has 4 aromatic rings. The van der Waals surface area contributed by atoms with Gasteiger partial charge in [0, 0.05) is 55.0 Å². The van der Waals surface area contributed by atoms with Gasteiger partial charge < -0.3 is 15.1 Å². The van der Waals surface area contributed by atoms with E-state index in [1.807, 2.05) is 43.3 Å². The fourth-order valence-corrected chi connectivity index (χ4v) is 5.26. The lowest BCUT2D eigenvalue weighted by molar-refractivity contribution is -0.123. The lowest BCUT2D eigenvalue weighted by Gasteiger charge is -2.30. The summed E-state index contributed by atoms with van der Waals surface area (Å²) in [5.41, 5.74) is 6.49. The zero-order valence-corrected chi connectivity index (χ0v) is 23.2. The molecule has 0 radical (unpaired) electrons. The molecule has 40 heavy (non-hydrogen) atoms. The quantitative estimate of drug-likeness (QED) is 0.261. The van der Waals surface area contributed by atoms with Crippen LogP contribution in [0.4, 0.5) is 17.1 Å². The molecule has 204 valence electrons. The van der Waals surface area contributed by atoms with Gasteiger partial charge in [0.05, 0.1) is 6.54 Å². The first-order valence-electron chi connectivity index (χ1n) is 14.0. The fourth-order valence-electron chi connectivity index (χ4n) is 5.26. The number of hydrogen-bond acceptors (Lipinski definition) is 4. The van der Waals surface area contributed by atoms with Crippen molar-refractivity contribution in [3.63, 3.8) is 0 Å². The molecule has 1 heterocycles. The van der Waals surface area contributed by atoms with Crippen LogP contribution in [-0.2, 0) is 11.3 Å². The first-order valence-corrected chi connectivity index (χ1v) is 14.0. The van der Waals surface area contributed by atoms with Gasteiger partial charge in [-0.25, -0.2) is 0 Å². The molecule has 0 aliphatic heterocycles. The van der Waals surface area contributed by atoms with Crippen LogP contribution in [0.5, 0.6) is 0 Å². The van der Waals surface area contributed by atoms with Crippen molar-refractivity contribution in [2.75, 3.05) is 29.2 Å². The number of hydrogen-bond donors (Lipinski definition) is 1. The zero-order chi connectivity index (χ0) is 27.9. The summed E-state index contributed by atoms with van der Waals surface area (Å²) in [6, 6.07) is 27.9. The van der Waals surface area contributed by atoms with E-state index < -0.39 is 0 Å². The lowest BCUT2D eigenvalue weighted by Crippen LogP contribution is -2.36. The maximum Gasteiger partial charge on any atom is 0.255 e. The second kappa shape index (κ2) is 12.6. The van der Waals surface area contributed by atoms with Gasteiger partial charge in [0.15, 0.2) is 0 Å². The van der Waals surface area contributed by atoms with E-state index in [-0.39, 0.29) is 17.7 Å². The molecule has 1 fully saturated rings. The van der Waals surface area contributed by atoms with Crippen LogP contribution in [0, 0.1) is 5.92 Å². The van der Waals surface area contributed by atoms with Crippen molar-refractivity contribution in [1.82, 2.24) is 4.98 Å². The van der Waals surface area contributed by atoms with Crippen molar-refractivity contribution in [3.05, 3.63) is 108 Å². The molecule has 0 saturated heterocycles. The van der Waals surface area contributed by atoms with Crippen molar-refractivity contribution >= 4 is 28.9 Å². The molecule has 1 aliphatic carbocycles. The van der Waals surface area contributed by atoms with Crippen molar-refractivity contribution in [1.29, 1.82) is 0 Å². The maximum absolute atomic E-state index is 13.9. The molecule has 6 nitrogen and oxygen atoms in total. The Morgan fingerprint density at radius 1 is 0.800 bits per heavy atom. The summed E-state index contributed by atoms with van der Waals surface area (Å²) in [5, 5.41) is 2.96. The van der Waals surface area contributed by atoms with Crippen LogP contribution in [0.2, 0.25) is 0 Å². The average Bonchev–Trinajstić information content (AvgIpc) is 3.01. The highest BCUT2D eigenvalue weighted by Gasteiger charge is 2.27. The second-order valence-corrected chi connectivity index (χ2v) is 10.6. The molecule has 5 rings (SSSR count). The van der Waals surface area contributed by atoms with Gasteiger partial charge in [-0.2, -0.15) is 0 Å². The smallest absolute Gasteiger partial charge is 0.255 e. The highest BCUT2D eigenvalue weighted by atomic mass is 16.2. The Bertz CT molecular complexity index is 1430. The molecule has 1 N–H and O–H groups in total. The standard InChI is InChI=1S/C34H36N4O2/c1-37(2)31-17-15-27(16-18-31)26-13-11-25(12-14-26)24-38(34(40)29-7-4-3-5-8-29)32-10-6-9-30(23-32)36-33(39)28-19-21-35-22-20-28/h6,9-23,29H,3-5,7-8,24H2,1-2H3,(H,36,39). The van der Waals surface area contributed by atoms with Crippen LogP contribution in [-0.4, -0.2) is 30.9 Å². The van der Waals surface area contributed by atoms with Crippen molar-refractivity contribution in [3.8, 4) is 11.1 Å². The van der Waals surface area contributed by atoms with Gasteiger partial charge in [-0.3, -0.25) is 14.6 Å². The summed E-state index contributed by atoms with van der Waals surface area (Å²) in [6.45, 7) is 0.469. The summed E-state index contributed by atoms with van der Waals surface area (Å²) in [7, 11) is 4.07. The summed E-state index contributed by atoms with van der Waals surface area (Å²) in [5.74, 6) is -0.0297. The normalized spacial score (nSPS) is 13.4. The average molecular weight is 533 g/mol. The largest absolute Gasteiger partial charge is 0.378 e. The summed E-state index contributed by atoms with van der Waals surface area (Å²) in [6.07, 6.45) is 8.42. The van der Waals surface area contributed by atoms with Crippen LogP contribution in [0.25, 0.3) is 11.1 Å². The molecular formula is C34H36N4O2. The number of aromatic nitrogens is 1. The van der Waals surface area contributed by atoms with E-state index in [1.165, 1.54) is 6.42 Å². The summed E-state index contributed by atoms with van der Waals surface area (Å²) in [4.78, 5) is 34.6. The number of carbonyl (C=O) groups excluding carboxylic acids is 2. The molecule has 1 aliphatic rings. The molecule has 6 heteroatoms. The Morgan fingerprint density at radius 3 is 2.10 bits per heavy atom. The van der Waals surface area contributed by atoms with Crippen molar-refractivity contribution in [2.45, 2.75) is 38.6 Å². The predicted molar refractivity (Wildman–Crippen MR) is 163 cm³/mol. The summed E-state index contributed by atoms with van der Waals surface area (Å²) >= 11 is 0. The molecule has 0 spiro atoms. The van der Waals surface area contributed by atoms with Crippen molar-refractivity contribution in [2.24, 2.45) is 5.92 Å². The Hall–Kier alpha value is -4.45. The maximum atomic E-state index is 13.9. The van der Waals surface area contributed by atoms with Gasteiger partial charge >= 0.3 is 0 Å². The van der Waals surface area contributed by atoms with Gasteiger partial charge in [-0.1, -0.05) is 61.7 Å². The molecule has 1 aromatic heterocycles. The zero-order valence-electron chi connectivity index (χ0n) is 23.2. The third kappa shape index (κ3) is 6.57. The van der Waals surface area contributed by atoms with Crippen LogP contribution < -0.4 is 15.1 Å². The second-order valence-electron chi connectivity index (χ2n) is 10.6. The molecular weight excluding hydrogens is 496 g/mol. The molecule has 0 bridgehead atoms. The first kappa shape index (κ1) is 27.1. The lowest BCUT2D eigenvalue weighted by atomic mass is 9.88. The monoisotopic (exact) mass is 532 g/mol. The number of anilines is 3. The van der Waals surface area contributed by atoms with Gasteiger partial charge in [0.25, 0.3) is 5.91 Å². The van der Waals surface area contributed by atoms with E-state index in [2.05, 4.69) is 63.7 Å². The van der Waals surface area contributed by atoms with Gasteiger partial charge in [-0.15, -0.1) is 0 Å². The highest BCUT2D eigenvalue weighted by molar-refractivity contribution is 6.04. The topological polar surface area (TPSA) is 65.5 Å². The molecule has 0 atom stereocenters. The van der Waals surface area contributed by atoms with Crippen LogP contribution in [0.1, 0.15) is 48.0 Å². The number of rotatable bonds is 8. The predicted octanol–water partition coefficient (Wildman–Crippen LogP) is 7.18. The van der Waals surface area contributed by atoms with Crippen LogP contribution in [0.15, 0.2) is 97.3 Å². The minimum atomic E-state index is -0.209. The minimum absolute atomic E-state index is 0.0262. The van der Waals surface area contributed by atoms with E-state index in [0.29, 0.717) is 17.8 Å². The van der Waals surface area contributed by atoms with Crippen LogP contribution >= 0.6 is 0 Å². The van der Waals surface area contributed by atoms with E-state index in [4.69, 9.17) is 0 Å². The number of amides is 2. The van der Waals surface area contributed by atoms with E-state index in [0.717, 1.165) is 53.7 Å². The number of benzene rings is 3. The van der Waals surface area contributed by atoms with E-state index in [1.54, 1.807) is 24.5 Å². The SMILES string of the molecule is CN(C)c1ccc(-c2ccc(CN(C(=O)C3CCCCC3)c3cccc(NC(=O)c4ccncc4)c3)cc2)cc1. The van der Waals surface area contributed by atoms with E-state index >= 15 is 0 Å². The molecule has 3 aromatic carbocycles. The Labute approximate surface area is 236 Å². The Balaban J connectivity index is 1.38. The third-order valence-electron chi connectivity index (χ3n) is 7.59. The van der Waals surface area contributed by atoms with Gasteiger partial charge in [-0.05, 0) is 72.0 Å². The number of pyridine rings is 1. The van der Waals surface area contributed by atoms with Gasteiger partial charge in [0.1, 0.15) is 0 Å². The number of carbonyl (C=O) groups is 2. The van der Waals surface area contributed by atoms with Crippen molar-refractivity contribution < 1.29 is 9.59 Å². The van der Waals surface area contributed by atoms with E-state index in [9.17, 15) is 9.59 Å². The molecule has 1 saturated carbocycles. The van der Waals surface area contributed by atoms with Gasteiger partial charge in [0.2, 0.25) is 5.91 Å². The Kier molecular flexibility index (Phi) is 8.55. The van der Waals surface area contributed by atoms with Crippen LogP contribution in [0.3, 0.4) is 0 Å². The Morgan fingerprint density at radius 2 is 1.45 bits per heavy atom. The number of nitrogens with zero attached hydrogens (tertiary/aromatic N) is 3. The minimum Gasteiger partial charge on any atom is -0.378 e. The first-order chi connectivity index (χ1) is 19.5. The summed E-state index contributed by atoms with van der Waals surface area (Å²) < 4.78 is 0. The fraction of sp³-hybridized carbons (Fsp3) is 0.265. The molecule has 2 amide bonds. The molecule has 0 unspecified atom stereocenters.